The van der Waals surface area contributed by atoms with Crippen molar-refractivity contribution < 1.29 is 22.7 Å². The monoisotopic (exact) mass is 489 g/mol. The summed E-state index contributed by atoms with van der Waals surface area (Å²) >= 11 is 17.7. The molecule has 1 unspecified atom stereocenters. The first-order valence-electron chi connectivity index (χ1n) is 8.18. The quantitative estimate of drug-likeness (QED) is 0.453. The fraction of sp³-hybridized carbons (Fsp3) is 0.167. The first kappa shape index (κ1) is 23.9. The molecule has 0 spiro atoms. The van der Waals surface area contributed by atoms with E-state index in [0.717, 1.165) is 0 Å². The number of nitrogens with one attached hydrogen (secondary N) is 2. The Balaban J connectivity index is 1.93. The van der Waals surface area contributed by atoms with Gasteiger partial charge in [0.25, 0.3) is 5.91 Å². The van der Waals surface area contributed by atoms with Gasteiger partial charge in [0.15, 0.2) is 6.10 Å². The van der Waals surface area contributed by atoms with Crippen molar-refractivity contribution in [3.63, 3.8) is 0 Å². The van der Waals surface area contributed by atoms with E-state index in [4.69, 9.17) is 44.8 Å². The van der Waals surface area contributed by atoms with E-state index in [2.05, 4.69) is 10.0 Å². The Morgan fingerprint density at radius 3 is 2.30 bits per heavy atom. The number of nitriles is 1. The molecule has 1 atom stereocenters. The normalized spacial score (nSPS) is 12.0. The number of sulfonamides is 1. The van der Waals surface area contributed by atoms with Gasteiger partial charge in [-0.25, -0.2) is 8.42 Å². The molecular formula is C18H14Cl3N3O5S. The molecule has 2 N–H and O–H groups in total. The summed E-state index contributed by atoms with van der Waals surface area (Å²) in [6.45, 7) is 0.598. The Labute approximate surface area is 187 Å². The summed E-state index contributed by atoms with van der Waals surface area (Å²) in [5.41, 5.74) is 0.454. The molecule has 2 rings (SSSR count). The van der Waals surface area contributed by atoms with Gasteiger partial charge < -0.3 is 10.1 Å². The van der Waals surface area contributed by atoms with Crippen molar-refractivity contribution >= 4 is 62.4 Å². The van der Waals surface area contributed by atoms with Crippen LogP contribution in [0.4, 0.5) is 5.69 Å². The lowest BCUT2D eigenvalue weighted by Crippen LogP contribution is -2.35. The van der Waals surface area contributed by atoms with Crippen LogP contribution in [0, 0.1) is 11.3 Å². The van der Waals surface area contributed by atoms with E-state index in [1.165, 1.54) is 43.3 Å². The number of carbonyl (C=O) groups is 2. The Hall–Kier alpha value is -2.35. The standard InChI is InChI=1S/C18H14Cl3N3O5S/c1-10(18(26)24-16-7-14(20)13(19)6-15(16)21)29-17(25)9-23-30(27,28)12-4-2-11(8-22)3-5-12/h2-7,10,23H,9H2,1H3,(H,24,26). The highest BCUT2D eigenvalue weighted by atomic mass is 35.5. The van der Waals surface area contributed by atoms with Crippen LogP contribution in [0.15, 0.2) is 41.3 Å². The average molecular weight is 491 g/mol. The molecule has 2 aromatic rings. The molecule has 0 radical (unpaired) electrons. The molecule has 2 aromatic carbocycles. The lowest BCUT2D eigenvalue weighted by Gasteiger charge is -2.15. The zero-order valence-electron chi connectivity index (χ0n) is 15.3. The number of benzene rings is 2. The van der Waals surface area contributed by atoms with Crippen molar-refractivity contribution in [3.8, 4) is 6.07 Å². The molecule has 0 heterocycles. The fourth-order valence-electron chi connectivity index (χ4n) is 2.09. The highest BCUT2D eigenvalue weighted by Crippen LogP contribution is 2.32. The molecule has 1 amide bonds. The van der Waals surface area contributed by atoms with Gasteiger partial charge in [0, 0.05) is 0 Å². The van der Waals surface area contributed by atoms with Crippen LogP contribution in [0.5, 0.6) is 0 Å². The molecule has 30 heavy (non-hydrogen) atoms. The van der Waals surface area contributed by atoms with Gasteiger partial charge in [0.2, 0.25) is 10.0 Å². The molecule has 0 bridgehead atoms. The van der Waals surface area contributed by atoms with Crippen LogP contribution >= 0.6 is 34.8 Å². The first-order chi connectivity index (χ1) is 14.0. The molecule has 0 aromatic heterocycles. The number of amides is 1. The predicted octanol–water partition coefficient (Wildman–Crippen LogP) is 3.37. The van der Waals surface area contributed by atoms with Crippen molar-refractivity contribution in [2.75, 3.05) is 11.9 Å². The average Bonchev–Trinajstić information content (AvgIpc) is 2.70. The number of halogens is 3. The second-order valence-electron chi connectivity index (χ2n) is 5.83. The van der Waals surface area contributed by atoms with Gasteiger partial charge in [-0.05, 0) is 43.3 Å². The smallest absolute Gasteiger partial charge is 0.321 e. The number of carbonyl (C=O) groups excluding carboxylic acids is 2. The van der Waals surface area contributed by atoms with E-state index in [0.29, 0.717) is 0 Å². The minimum atomic E-state index is -4.00. The van der Waals surface area contributed by atoms with Crippen LogP contribution in [-0.2, 0) is 24.3 Å². The van der Waals surface area contributed by atoms with Crippen molar-refractivity contribution in [1.82, 2.24) is 4.72 Å². The lowest BCUT2D eigenvalue weighted by molar-refractivity contribution is -0.151. The zero-order chi connectivity index (χ0) is 22.5. The maximum atomic E-state index is 12.2. The minimum absolute atomic E-state index is 0.130. The molecule has 0 aliphatic carbocycles. The molecule has 0 saturated carbocycles. The number of anilines is 1. The first-order valence-corrected chi connectivity index (χ1v) is 10.8. The maximum absolute atomic E-state index is 12.2. The molecule has 12 heteroatoms. The summed E-state index contributed by atoms with van der Waals surface area (Å²) in [7, 11) is -4.00. The summed E-state index contributed by atoms with van der Waals surface area (Å²) < 4.78 is 31.3. The summed E-state index contributed by atoms with van der Waals surface area (Å²) in [6.07, 6.45) is -1.25. The fourth-order valence-corrected chi connectivity index (χ4v) is 3.65. The largest absolute Gasteiger partial charge is 0.452 e. The van der Waals surface area contributed by atoms with Gasteiger partial charge in [-0.2, -0.15) is 9.98 Å². The third-order valence-electron chi connectivity index (χ3n) is 3.65. The van der Waals surface area contributed by atoms with E-state index in [1.54, 1.807) is 0 Å². The number of hydrogen-bond donors (Lipinski definition) is 2. The molecule has 0 fully saturated rings. The van der Waals surface area contributed by atoms with Gasteiger partial charge in [-0.1, -0.05) is 34.8 Å². The van der Waals surface area contributed by atoms with Crippen molar-refractivity contribution in [3.05, 3.63) is 57.0 Å². The number of esters is 1. The highest BCUT2D eigenvalue weighted by Gasteiger charge is 2.21. The van der Waals surface area contributed by atoms with Gasteiger partial charge >= 0.3 is 5.97 Å². The molecular weight excluding hydrogens is 477 g/mol. The number of hydrogen-bond acceptors (Lipinski definition) is 6. The second-order valence-corrected chi connectivity index (χ2v) is 8.82. The van der Waals surface area contributed by atoms with Gasteiger partial charge in [0.05, 0.1) is 37.3 Å². The van der Waals surface area contributed by atoms with E-state index < -0.39 is 34.5 Å². The summed E-state index contributed by atoms with van der Waals surface area (Å²) in [6, 6.07) is 9.65. The zero-order valence-corrected chi connectivity index (χ0v) is 18.4. The second kappa shape index (κ2) is 10.1. The molecule has 158 valence electrons. The van der Waals surface area contributed by atoms with E-state index in [-0.39, 0.29) is 31.2 Å². The maximum Gasteiger partial charge on any atom is 0.321 e. The molecule has 0 aliphatic rings. The van der Waals surface area contributed by atoms with Gasteiger partial charge in [0.1, 0.15) is 6.54 Å². The van der Waals surface area contributed by atoms with Crippen LogP contribution < -0.4 is 10.0 Å². The van der Waals surface area contributed by atoms with E-state index in [1.807, 2.05) is 6.07 Å². The Morgan fingerprint density at radius 2 is 1.70 bits per heavy atom. The van der Waals surface area contributed by atoms with Crippen molar-refractivity contribution in [1.29, 1.82) is 5.26 Å². The highest BCUT2D eigenvalue weighted by molar-refractivity contribution is 7.89. The van der Waals surface area contributed by atoms with Crippen LogP contribution in [0.1, 0.15) is 12.5 Å². The van der Waals surface area contributed by atoms with Crippen LogP contribution in [-0.4, -0.2) is 32.9 Å². The summed E-state index contributed by atoms with van der Waals surface area (Å²) in [5, 5.41) is 11.7. The number of ether oxygens (including phenoxy) is 1. The van der Waals surface area contributed by atoms with E-state index in [9.17, 15) is 18.0 Å². The Bertz CT molecular complexity index is 1120. The van der Waals surface area contributed by atoms with E-state index >= 15 is 0 Å². The van der Waals surface area contributed by atoms with Crippen LogP contribution in [0.3, 0.4) is 0 Å². The minimum Gasteiger partial charge on any atom is -0.452 e. The van der Waals surface area contributed by atoms with Gasteiger partial charge in [-0.3, -0.25) is 9.59 Å². The lowest BCUT2D eigenvalue weighted by atomic mass is 10.2. The van der Waals surface area contributed by atoms with Crippen molar-refractivity contribution in [2.45, 2.75) is 17.9 Å². The summed E-state index contributed by atoms with van der Waals surface area (Å²) in [5.74, 6) is -1.69. The number of nitrogens with zero attached hydrogens (tertiary/aromatic N) is 1. The third kappa shape index (κ3) is 6.32. The van der Waals surface area contributed by atoms with Crippen LogP contribution in [0.2, 0.25) is 15.1 Å². The topological polar surface area (TPSA) is 125 Å². The number of rotatable bonds is 7. The molecule has 0 aliphatic heterocycles. The SMILES string of the molecule is CC(OC(=O)CNS(=O)(=O)c1ccc(C#N)cc1)C(=O)Nc1cc(Cl)c(Cl)cc1Cl. The molecule has 8 nitrogen and oxygen atoms in total. The third-order valence-corrected chi connectivity index (χ3v) is 6.10. The Kier molecular flexibility index (Phi) is 8.06. The van der Waals surface area contributed by atoms with Gasteiger partial charge in [-0.15, -0.1) is 0 Å². The van der Waals surface area contributed by atoms with Crippen molar-refractivity contribution in [2.24, 2.45) is 0 Å². The summed E-state index contributed by atoms with van der Waals surface area (Å²) in [4.78, 5) is 24.0. The predicted molar refractivity (Wildman–Crippen MR) is 112 cm³/mol. The van der Waals surface area contributed by atoms with Crippen LogP contribution in [0.25, 0.3) is 0 Å². The Morgan fingerprint density at radius 1 is 1.10 bits per heavy atom. The molecule has 0 saturated heterocycles.